The Kier molecular flexibility index (Phi) is 4.29. The van der Waals surface area contributed by atoms with Crippen molar-refractivity contribution in [3.63, 3.8) is 0 Å². The number of aryl methyl sites for hydroxylation is 1. The summed E-state index contributed by atoms with van der Waals surface area (Å²) in [7, 11) is -3.48. The molecule has 5 nitrogen and oxygen atoms in total. The van der Waals surface area contributed by atoms with Gasteiger partial charge in [-0.1, -0.05) is 13.3 Å². The van der Waals surface area contributed by atoms with E-state index in [1.807, 2.05) is 6.92 Å². The molecule has 18 heavy (non-hydrogen) atoms. The van der Waals surface area contributed by atoms with Crippen LogP contribution in [0.25, 0.3) is 0 Å². The van der Waals surface area contributed by atoms with Crippen LogP contribution in [0.5, 0.6) is 0 Å². The fourth-order valence-corrected chi connectivity index (χ4v) is 4.26. The van der Waals surface area contributed by atoms with Crippen molar-refractivity contribution in [1.82, 2.24) is 14.3 Å². The highest BCUT2D eigenvalue weighted by Crippen LogP contribution is 2.25. The van der Waals surface area contributed by atoms with E-state index in [0.29, 0.717) is 24.7 Å². The van der Waals surface area contributed by atoms with E-state index in [-0.39, 0.29) is 11.1 Å². The predicted octanol–water partition coefficient (Wildman–Crippen LogP) is 1.75. The molecule has 1 fully saturated rings. The van der Waals surface area contributed by atoms with Crippen LogP contribution in [0.15, 0.2) is 11.2 Å². The third-order valence-electron chi connectivity index (χ3n) is 3.28. The Morgan fingerprint density at radius 1 is 1.56 bits per heavy atom. The molecule has 2 rings (SSSR count). The number of nitrogens with zero attached hydrogens (tertiary/aromatic N) is 2. The van der Waals surface area contributed by atoms with Crippen LogP contribution >= 0.6 is 11.6 Å². The molecule has 1 atom stereocenters. The third-order valence-corrected chi connectivity index (χ3v) is 5.50. The summed E-state index contributed by atoms with van der Waals surface area (Å²) in [6.45, 7) is 2.47. The standard InChI is InChI=1S/C11H18ClN3O2S/c1-2-10-13-8-11(14-10)18(16,17)15-6-4-3-5-9(15)7-12/h8-9H,2-7H2,1H3,(H,13,14). The Morgan fingerprint density at radius 3 is 2.94 bits per heavy atom. The summed E-state index contributed by atoms with van der Waals surface area (Å²) in [5.41, 5.74) is 0. The highest BCUT2D eigenvalue weighted by atomic mass is 35.5. The summed E-state index contributed by atoms with van der Waals surface area (Å²) in [5, 5.41) is 0.177. The summed E-state index contributed by atoms with van der Waals surface area (Å²) in [6.07, 6.45) is 4.84. The number of sulfonamides is 1. The van der Waals surface area contributed by atoms with E-state index in [1.165, 1.54) is 10.5 Å². The van der Waals surface area contributed by atoms with Crippen molar-refractivity contribution < 1.29 is 8.42 Å². The van der Waals surface area contributed by atoms with Crippen molar-refractivity contribution in [2.45, 2.75) is 43.7 Å². The first-order valence-electron chi connectivity index (χ1n) is 6.21. The highest BCUT2D eigenvalue weighted by Gasteiger charge is 2.34. The average molecular weight is 292 g/mol. The van der Waals surface area contributed by atoms with Gasteiger partial charge in [0.2, 0.25) is 0 Å². The summed E-state index contributed by atoms with van der Waals surface area (Å²) >= 11 is 5.87. The summed E-state index contributed by atoms with van der Waals surface area (Å²) in [4.78, 5) is 6.91. The molecule has 1 aromatic rings. The molecule has 102 valence electrons. The van der Waals surface area contributed by atoms with Gasteiger partial charge in [0.1, 0.15) is 5.82 Å². The summed E-state index contributed by atoms with van der Waals surface area (Å²) < 4.78 is 26.5. The van der Waals surface area contributed by atoms with Crippen LogP contribution in [0, 0.1) is 0 Å². The van der Waals surface area contributed by atoms with Crippen molar-refractivity contribution in [3.8, 4) is 0 Å². The van der Waals surface area contributed by atoms with Gasteiger partial charge in [0.15, 0.2) is 5.03 Å². The number of aromatic nitrogens is 2. The Labute approximate surface area is 113 Å². The minimum absolute atomic E-state index is 0.0983. The van der Waals surface area contributed by atoms with Crippen LogP contribution in [0.1, 0.15) is 32.0 Å². The van der Waals surface area contributed by atoms with Crippen molar-refractivity contribution in [2.24, 2.45) is 0 Å². The van der Waals surface area contributed by atoms with Gasteiger partial charge in [0, 0.05) is 24.9 Å². The van der Waals surface area contributed by atoms with Gasteiger partial charge in [-0.25, -0.2) is 13.4 Å². The quantitative estimate of drug-likeness (QED) is 0.860. The van der Waals surface area contributed by atoms with Crippen molar-refractivity contribution in [3.05, 3.63) is 12.0 Å². The van der Waals surface area contributed by atoms with Gasteiger partial charge in [0.25, 0.3) is 10.0 Å². The van der Waals surface area contributed by atoms with Crippen LogP contribution in [0.4, 0.5) is 0 Å². The molecule has 2 heterocycles. The molecular formula is C11H18ClN3O2S. The zero-order valence-corrected chi connectivity index (χ0v) is 12.0. The molecule has 0 radical (unpaired) electrons. The number of halogens is 1. The molecule has 0 aliphatic carbocycles. The molecular weight excluding hydrogens is 274 g/mol. The monoisotopic (exact) mass is 291 g/mol. The van der Waals surface area contributed by atoms with Crippen molar-refractivity contribution in [2.75, 3.05) is 12.4 Å². The number of rotatable bonds is 4. The van der Waals surface area contributed by atoms with E-state index in [0.717, 1.165) is 19.3 Å². The van der Waals surface area contributed by atoms with E-state index >= 15 is 0 Å². The maximum Gasteiger partial charge on any atom is 0.260 e. The second-order valence-corrected chi connectivity index (χ2v) is 6.63. The first-order valence-corrected chi connectivity index (χ1v) is 8.18. The molecule has 1 N–H and O–H groups in total. The van der Waals surface area contributed by atoms with Gasteiger partial charge in [0.05, 0.1) is 6.20 Å². The van der Waals surface area contributed by atoms with E-state index < -0.39 is 10.0 Å². The maximum atomic E-state index is 12.5. The Hall–Kier alpha value is -0.590. The minimum atomic E-state index is -3.48. The average Bonchev–Trinajstić information content (AvgIpc) is 2.88. The third kappa shape index (κ3) is 2.55. The maximum absolute atomic E-state index is 12.5. The molecule has 0 bridgehead atoms. The van der Waals surface area contributed by atoms with Gasteiger partial charge in [-0.2, -0.15) is 4.31 Å². The smallest absolute Gasteiger partial charge is 0.260 e. The second-order valence-electron chi connectivity index (χ2n) is 4.47. The summed E-state index contributed by atoms with van der Waals surface area (Å²) in [5.74, 6) is 1.03. The lowest BCUT2D eigenvalue weighted by Crippen LogP contribution is -2.44. The lowest BCUT2D eigenvalue weighted by molar-refractivity contribution is 0.270. The first-order chi connectivity index (χ1) is 8.59. The number of hydrogen-bond acceptors (Lipinski definition) is 3. The molecule has 1 unspecified atom stereocenters. The molecule has 0 saturated carbocycles. The fraction of sp³-hybridized carbons (Fsp3) is 0.727. The highest BCUT2D eigenvalue weighted by molar-refractivity contribution is 7.89. The number of nitrogens with one attached hydrogen (secondary N) is 1. The van der Waals surface area contributed by atoms with Crippen molar-refractivity contribution in [1.29, 1.82) is 0 Å². The SMILES string of the molecule is CCc1ncc(S(=O)(=O)N2CCCCC2CCl)[nH]1. The molecule has 1 aliphatic rings. The molecule has 1 aliphatic heterocycles. The normalized spacial score (nSPS) is 22.2. The van der Waals surface area contributed by atoms with Gasteiger partial charge in [-0.05, 0) is 12.8 Å². The van der Waals surface area contributed by atoms with Crippen LogP contribution in [0.2, 0.25) is 0 Å². The van der Waals surface area contributed by atoms with E-state index in [9.17, 15) is 8.42 Å². The first kappa shape index (κ1) is 13.8. The van der Waals surface area contributed by atoms with Crippen molar-refractivity contribution >= 4 is 21.6 Å². The Morgan fingerprint density at radius 2 is 2.33 bits per heavy atom. The van der Waals surface area contributed by atoms with E-state index in [4.69, 9.17) is 11.6 Å². The number of aromatic amines is 1. The molecule has 1 aromatic heterocycles. The minimum Gasteiger partial charge on any atom is -0.332 e. The number of alkyl halides is 1. The molecule has 1 saturated heterocycles. The van der Waals surface area contributed by atoms with Gasteiger partial charge in [-0.15, -0.1) is 11.6 Å². The number of imidazole rings is 1. The molecule has 0 amide bonds. The van der Waals surface area contributed by atoms with Crippen LogP contribution in [-0.2, 0) is 16.4 Å². The van der Waals surface area contributed by atoms with Crippen LogP contribution in [-0.4, -0.2) is 41.2 Å². The fourth-order valence-electron chi connectivity index (χ4n) is 2.23. The zero-order chi connectivity index (χ0) is 13.2. The topological polar surface area (TPSA) is 66.1 Å². The Bertz CT molecular complexity index is 500. The number of hydrogen-bond donors (Lipinski definition) is 1. The Balaban J connectivity index is 2.28. The lowest BCUT2D eigenvalue weighted by Gasteiger charge is -2.32. The van der Waals surface area contributed by atoms with Gasteiger partial charge in [-0.3, -0.25) is 0 Å². The largest absolute Gasteiger partial charge is 0.332 e. The number of H-pyrrole nitrogens is 1. The van der Waals surface area contributed by atoms with Gasteiger partial charge < -0.3 is 4.98 Å². The lowest BCUT2D eigenvalue weighted by atomic mass is 10.1. The van der Waals surface area contributed by atoms with Crippen LogP contribution in [0.3, 0.4) is 0 Å². The molecule has 7 heteroatoms. The van der Waals surface area contributed by atoms with E-state index in [2.05, 4.69) is 9.97 Å². The van der Waals surface area contributed by atoms with E-state index in [1.54, 1.807) is 0 Å². The molecule has 0 spiro atoms. The summed E-state index contributed by atoms with van der Waals surface area (Å²) in [6, 6.07) is -0.0983. The van der Waals surface area contributed by atoms with Gasteiger partial charge >= 0.3 is 0 Å². The number of piperidine rings is 1. The predicted molar refractivity (Wildman–Crippen MR) is 70.2 cm³/mol. The zero-order valence-electron chi connectivity index (χ0n) is 10.4. The van der Waals surface area contributed by atoms with Crippen LogP contribution < -0.4 is 0 Å². The second kappa shape index (κ2) is 5.59. The molecule has 0 aromatic carbocycles.